The van der Waals surface area contributed by atoms with Gasteiger partial charge in [0.15, 0.2) is 9.84 Å². The quantitative estimate of drug-likeness (QED) is 0.589. The van der Waals surface area contributed by atoms with E-state index in [-0.39, 0.29) is 5.75 Å². The topological polar surface area (TPSA) is 84.0 Å². The standard InChI is InChI=1S/C9H11FN2O2S/c10-8-3-1-2-7(4-8)5-15(13,14)6-9(11)12/h1-4H,5-6H2,(H3,11,12). The van der Waals surface area contributed by atoms with Gasteiger partial charge in [0.1, 0.15) is 17.4 Å². The van der Waals surface area contributed by atoms with Gasteiger partial charge in [0.25, 0.3) is 0 Å². The number of benzene rings is 1. The van der Waals surface area contributed by atoms with E-state index < -0.39 is 27.2 Å². The summed E-state index contributed by atoms with van der Waals surface area (Å²) in [5.41, 5.74) is 5.35. The Morgan fingerprint density at radius 2 is 2.13 bits per heavy atom. The third-order valence-corrected chi connectivity index (χ3v) is 3.18. The molecule has 0 aromatic heterocycles. The summed E-state index contributed by atoms with van der Waals surface area (Å²) in [7, 11) is -3.47. The van der Waals surface area contributed by atoms with E-state index in [0.717, 1.165) is 6.07 Å². The molecular formula is C9H11FN2O2S. The van der Waals surface area contributed by atoms with Crippen molar-refractivity contribution in [2.45, 2.75) is 5.75 Å². The van der Waals surface area contributed by atoms with Gasteiger partial charge in [-0.25, -0.2) is 12.8 Å². The van der Waals surface area contributed by atoms with E-state index in [1.807, 2.05) is 0 Å². The van der Waals surface area contributed by atoms with E-state index in [2.05, 4.69) is 0 Å². The first kappa shape index (κ1) is 11.6. The molecule has 4 nitrogen and oxygen atoms in total. The first-order valence-electron chi connectivity index (χ1n) is 4.17. The van der Waals surface area contributed by atoms with Gasteiger partial charge in [-0.05, 0) is 17.7 Å². The molecule has 0 atom stereocenters. The molecule has 3 N–H and O–H groups in total. The van der Waals surface area contributed by atoms with Gasteiger partial charge in [0.2, 0.25) is 0 Å². The predicted octanol–water partition coefficient (Wildman–Crippen LogP) is 0.676. The fourth-order valence-corrected chi connectivity index (χ4v) is 2.43. The minimum Gasteiger partial charge on any atom is -0.387 e. The Hall–Kier alpha value is -1.43. The maximum atomic E-state index is 12.7. The molecule has 15 heavy (non-hydrogen) atoms. The Morgan fingerprint density at radius 1 is 1.47 bits per heavy atom. The van der Waals surface area contributed by atoms with E-state index in [9.17, 15) is 12.8 Å². The lowest BCUT2D eigenvalue weighted by Crippen LogP contribution is -2.23. The second-order valence-electron chi connectivity index (χ2n) is 3.19. The molecule has 0 spiro atoms. The maximum absolute atomic E-state index is 12.7. The van der Waals surface area contributed by atoms with Gasteiger partial charge >= 0.3 is 0 Å². The largest absolute Gasteiger partial charge is 0.387 e. The Kier molecular flexibility index (Phi) is 3.41. The molecule has 0 aliphatic carbocycles. The van der Waals surface area contributed by atoms with Crippen molar-refractivity contribution in [2.24, 2.45) is 5.73 Å². The van der Waals surface area contributed by atoms with E-state index in [4.69, 9.17) is 11.1 Å². The summed E-state index contributed by atoms with van der Waals surface area (Å²) in [4.78, 5) is 0. The summed E-state index contributed by atoms with van der Waals surface area (Å²) in [6.07, 6.45) is 0. The Bertz CT molecular complexity index is 471. The van der Waals surface area contributed by atoms with Crippen LogP contribution in [-0.2, 0) is 15.6 Å². The average Bonchev–Trinajstić information content (AvgIpc) is 1.99. The molecule has 6 heteroatoms. The van der Waals surface area contributed by atoms with Crippen LogP contribution in [0.2, 0.25) is 0 Å². The summed E-state index contributed by atoms with van der Waals surface area (Å²) in [6.45, 7) is 0. The van der Waals surface area contributed by atoms with Crippen LogP contribution in [0.15, 0.2) is 24.3 Å². The predicted molar refractivity (Wildman–Crippen MR) is 55.8 cm³/mol. The molecule has 0 radical (unpaired) electrons. The molecule has 82 valence electrons. The molecule has 0 aliphatic rings. The first-order chi connectivity index (χ1) is 6.89. The van der Waals surface area contributed by atoms with E-state index in [0.29, 0.717) is 5.56 Å². The van der Waals surface area contributed by atoms with Crippen LogP contribution < -0.4 is 5.73 Å². The summed E-state index contributed by atoms with van der Waals surface area (Å²) in [5, 5.41) is 6.88. The van der Waals surface area contributed by atoms with Crippen molar-refractivity contribution in [1.29, 1.82) is 5.41 Å². The van der Waals surface area contributed by atoms with Crippen molar-refractivity contribution in [1.82, 2.24) is 0 Å². The smallest absolute Gasteiger partial charge is 0.161 e. The lowest BCUT2D eigenvalue weighted by molar-refractivity contribution is 0.598. The van der Waals surface area contributed by atoms with Gasteiger partial charge in [-0.2, -0.15) is 0 Å². The van der Waals surface area contributed by atoms with Gasteiger partial charge in [0, 0.05) is 0 Å². The van der Waals surface area contributed by atoms with E-state index in [1.165, 1.54) is 18.2 Å². The zero-order chi connectivity index (χ0) is 11.5. The first-order valence-corrected chi connectivity index (χ1v) is 5.99. The van der Waals surface area contributed by atoms with Crippen LogP contribution in [0.3, 0.4) is 0 Å². The Labute approximate surface area is 87.3 Å². The van der Waals surface area contributed by atoms with Crippen LogP contribution >= 0.6 is 0 Å². The summed E-state index contributed by atoms with van der Waals surface area (Å²) < 4.78 is 35.5. The molecule has 0 bridgehead atoms. The molecule has 1 aromatic rings. The third-order valence-electron chi connectivity index (χ3n) is 1.65. The lowest BCUT2D eigenvalue weighted by Gasteiger charge is -2.03. The molecular weight excluding hydrogens is 219 g/mol. The molecule has 0 saturated heterocycles. The van der Waals surface area contributed by atoms with Crippen LogP contribution in [0.1, 0.15) is 5.56 Å². The molecule has 0 amide bonds. The second kappa shape index (κ2) is 4.39. The van der Waals surface area contributed by atoms with E-state index >= 15 is 0 Å². The van der Waals surface area contributed by atoms with Crippen LogP contribution in [0.25, 0.3) is 0 Å². The van der Waals surface area contributed by atoms with Crippen molar-refractivity contribution in [2.75, 3.05) is 5.75 Å². The highest BCUT2D eigenvalue weighted by atomic mass is 32.2. The fourth-order valence-electron chi connectivity index (χ4n) is 1.17. The van der Waals surface area contributed by atoms with Crippen LogP contribution in [0.5, 0.6) is 0 Å². The molecule has 1 rings (SSSR count). The molecule has 1 aromatic carbocycles. The van der Waals surface area contributed by atoms with E-state index in [1.54, 1.807) is 0 Å². The van der Waals surface area contributed by atoms with Crippen molar-refractivity contribution >= 4 is 15.7 Å². The third kappa shape index (κ3) is 4.07. The van der Waals surface area contributed by atoms with Crippen LogP contribution in [-0.4, -0.2) is 20.0 Å². The van der Waals surface area contributed by atoms with Gasteiger partial charge in [0.05, 0.1) is 5.75 Å². The number of hydrogen-bond donors (Lipinski definition) is 2. The molecule has 0 saturated carbocycles. The summed E-state index contributed by atoms with van der Waals surface area (Å²) >= 11 is 0. The lowest BCUT2D eigenvalue weighted by atomic mass is 10.2. The summed E-state index contributed by atoms with van der Waals surface area (Å²) in [5.74, 6) is -1.69. The zero-order valence-corrected chi connectivity index (χ0v) is 8.72. The highest BCUT2D eigenvalue weighted by Gasteiger charge is 2.13. The number of halogens is 1. The molecule has 0 fully saturated rings. The van der Waals surface area contributed by atoms with Crippen LogP contribution in [0.4, 0.5) is 4.39 Å². The van der Waals surface area contributed by atoms with Crippen molar-refractivity contribution in [3.05, 3.63) is 35.6 Å². The molecule has 0 unspecified atom stereocenters. The maximum Gasteiger partial charge on any atom is 0.161 e. The van der Waals surface area contributed by atoms with Gasteiger partial charge in [-0.3, -0.25) is 5.41 Å². The Morgan fingerprint density at radius 3 is 2.67 bits per heavy atom. The number of rotatable bonds is 4. The van der Waals surface area contributed by atoms with Crippen molar-refractivity contribution in [3.63, 3.8) is 0 Å². The number of nitrogens with one attached hydrogen (secondary N) is 1. The SMILES string of the molecule is N=C(N)CS(=O)(=O)Cc1cccc(F)c1. The van der Waals surface area contributed by atoms with Crippen LogP contribution in [0, 0.1) is 11.2 Å². The average molecular weight is 230 g/mol. The van der Waals surface area contributed by atoms with Crippen molar-refractivity contribution in [3.8, 4) is 0 Å². The second-order valence-corrected chi connectivity index (χ2v) is 5.25. The van der Waals surface area contributed by atoms with Gasteiger partial charge in [-0.15, -0.1) is 0 Å². The normalized spacial score (nSPS) is 11.3. The number of nitrogens with two attached hydrogens (primary N) is 1. The minimum atomic E-state index is -3.47. The van der Waals surface area contributed by atoms with Gasteiger partial charge < -0.3 is 5.73 Å². The highest BCUT2D eigenvalue weighted by molar-refractivity contribution is 7.91. The Balaban J connectivity index is 2.82. The number of hydrogen-bond acceptors (Lipinski definition) is 3. The minimum absolute atomic E-state index is 0.301. The number of sulfone groups is 1. The molecule has 0 aliphatic heterocycles. The summed E-state index contributed by atoms with van der Waals surface area (Å²) in [6, 6.07) is 5.34. The van der Waals surface area contributed by atoms with Crippen molar-refractivity contribution < 1.29 is 12.8 Å². The molecule has 0 heterocycles. The van der Waals surface area contributed by atoms with Gasteiger partial charge in [-0.1, -0.05) is 12.1 Å². The highest BCUT2D eigenvalue weighted by Crippen LogP contribution is 2.08. The monoisotopic (exact) mass is 230 g/mol. The number of amidine groups is 1. The zero-order valence-electron chi connectivity index (χ0n) is 7.90. The fraction of sp³-hybridized carbons (Fsp3) is 0.222.